The molecule has 0 aromatic carbocycles. The standard InChI is InChI=1S/C11H18N4O/c1-3-15(4-2)11(16)5-6-13-10-9-12-7-8-14-10/h7-9H,3-6H2,1-2H3,(H,13,14). The van der Waals surface area contributed by atoms with Crippen molar-refractivity contribution in [3.8, 4) is 0 Å². The summed E-state index contributed by atoms with van der Waals surface area (Å²) in [6, 6.07) is 0. The highest BCUT2D eigenvalue weighted by molar-refractivity contribution is 5.76. The van der Waals surface area contributed by atoms with E-state index in [-0.39, 0.29) is 5.91 Å². The SMILES string of the molecule is CCN(CC)C(=O)CCNc1cnccn1. The van der Waals surface area contributed by atoms with Gasteiger partial charge >= 0.3 is 0 Å². The average molecular weight is 222 g/mol. The first-order valence-corrected chi connectivity index (χ1v) is 5.55. The molecule has 0 bridgehead atoms. The molecule has 0 aliphatic carbocycles. The molecule has 1 N–H and O–H groups in total. The van der Waals surface area contributed by atoms with Gasteiger partial charge in [0.1, 0.15) is 5.82 Å². The van der Waals surface area contributed by atoms with Crippen LogP contribution in [-0.4, -0.2) is 40.4 Å². The Kier molecular flexibility index (Phi) is 5.25. The molecule has 0 aliphatic heterocycles. The zero-order valence-electron chi connectivity index (χ0n) is 9.81. The molecule has 1 amide bonds. The molecular formula is C11H18N4O. The Balaban J connectivity index is 2.28. The van der Waals surface area contributed by atoms with E-state index in [9.17, 15) is 4.79 Å². The van der Waals surface area contributed by atoms with Crippen LogP contribution in [0.25, 0.3) is 0 Å². The number of carbonyl (C=O) groups excluding carboxylic acids is 1. The van der Waals surface area contributed by atoms with Crippen LogP contribution in [0.3, 0.4) is 0 Å². The average Bonchev–Trinajstić information content (AvgIpc) is 2.32. The van der Waals surface area contributed by atoms with Crippen LogP contribution in [0.15, 0.2) is 18.6 Å². The first-order chi connectivity index (χ1) is 7.77. The van der Waals surface area contributed by atoms with Crippen molar-refractivity contribution in [1.82, 2.24) is 14.9 Å². The summed E-state index contributed by atoms with van der Waals surface area (Å²) in [4.78, 5) is 21.5. The lowest BCUT2D eigenvalue weighted by molar-refractivity contribution is -0.130. The molecule has 88 valence electrons. The van der Waals surface area contributed by atoms with Crippen LogP contribution in [0, 0.1) is 0 Å². The first-order valence-electron chi connectivity index (χ1n) is 5.55. The molecule has 5 nitrogen and oxygen atoms in total. The van der Waals surface area contributed by atoms with Crippen LogP contribution >= 0.6 is 0 Å². The van der Waals surface area contributed by atoms with Gasteiger partial charge in [0.2, 0.25) is 5.91 Å². The van der Waals surface area contributed by atoms with Gasteiger partial charge in [-0.1, -0.05) is 0 Å². The van der Waals surface area contributed by atoms with E-state index in [0.29, 0.717) is 18.8 Å². The molecule has 0 saturated carbocycles. The number of aromatic nitrogens is 2. The van der Waals surface area contributed by atoms with Crippen LogP contribution in [-0.2, 0) is 4.79 Å². The van der Waals surface area contributed by atoms with Crippen LogP contribution in [0.5, 0.6) is 0 Å². The highest BCUT2D eigenvalue weighted by Gasteiger charge is 2.08. The van der Waals surface area contributed by atoms with Crippen LogP contribution in [0.2, 0.25) is 0 Å². The summed E-state index contributed by atoms with van der Waals surface area (Å²) >= 11 is 0. The van der Waals surface area contributed by atoms with E-state index in [2.05, 4.69) is 15.3 Å². The van der Waals surface area contributed by atoms with E-state index in [1.54, 1.807) is 18.6 Å². The predicted octanol–water partition coefficient (Wildman–Crippen LogP) is 1.15. The Morgan fingerprint density at radius 2 is 2.12 bits per heavy atom. The highest BCUT2D eigenvalue weighted by atomic mass is 16.2. The van der Waals surface area contributed by atoms with Gasteiger partial charge in [0, 0.05) is 38.4 Å². The zero-order chi connectivity index (χ0) is 11.8. The Hall–Kier alpha value is -1.65. The minimum atomic E-state index is 0.168. The zero-order valence-corrected chi connectivity index (χ0v) is 9.81. The normalized spacial score (nSPS) is 9.88. The summed E-state index contributed by atoms with van der Waals surface area (Å²) in [5.74, 6) is 0.872. The van der Waals surface area contributed by atoms with E-state index in [1.807, 2.05) is 18.7 Å². The van der Waals surface area contributed by atoms with E-state index in [0.717, 1.165) is 13.1 Å². The van der Waals surface area contributed by atoms with Gasteiger partial charge in [0.05, 0.1) is 6.20 Å². The second-order valence-electron chi connectivity index (χ2n) is 3.33. The second kappa shape index (κ2) is 6.76. The summed E-state index contributed by atoms with van der Waals surface area (Å²) in [7, 11) is 0. The Morgan fingerprint density at radius 1 is 1.38 bits per heavy atom. The lowest BCUT2D eigenvalue weighted by Gasteiger charge is -2.18. The fourth-order valence-electron chi connectivity index (χ4n) is 1.42. The van der Waals surface area contributed by atoms with Crippen molar-refractivity contribution in [2.75, 3.05) is 25.0 Å². The third kappa shape index (κ3) is 3.84. The molecule has 0 atom stereocenters. The van der Waals surface area contributed by atoms with Crippen molar-refractivity contribution >= 4 is 11.7 Å². The molecule has 0 radical (unpaired) electrons. The van der Waals surface area contributed by atoms with Crippen molar-refractivity contribution in [2.45, 2.75) is 20.3 Å². The molecule has 1 aromatic rings. The number of anilines is 1. The minimum Gasteiger partial charge on any atom is -0.368 e. The van der Waals surface area contributed by atoms with Gasteiger partial charge in [0.15, 0.2) is 0 Å². The van der Waals surface area contributed by atoms with Gasteiger partial charge in [-0.15, -0.1) is 0 Å². The van der Waals surface area contributed by atoms with Gasteiger partial charge < -0.3 is 10.2 Å². The molecule has 0 spiro atoms. The fraction of sp³-hybridized carbons (Fsp3) is 0.545. The molecule has 1 heterocycles. The van der Waals surface area contributed by atoms with Gasteiger partial charge in [-0.2, -0.15) is 0 Å². The van der Waals surface area contributed by atoms with Crippen molar-refractivity contribution in [2.24, 2.45) is 0 Å². The summed E-state index contributed by atoms with van der Waals surface area (Å²) in [5.41, 5.74) is 0. The third-order valence-electron chi connectivity index (χ3n) is 2.32. The van der Waals surface area contributed by atoms with E-state index >= 15 is 0 Å². The van der Waals surface area contributed by atoms with Crippen molar-refractivity contribution < 1.29 is 4.79 Å². The fourth-order valence-corrected chi connectivity index (χ4v) is 1.42. The maximum atomic E-state index is 11.6. The summed E-state index contributed by atoms with van der Waals surface area (Å²) in [5, 5.41) is 3.06. The summed E-state index contributed by atoms with van der Waals surface area (Å²) < 4.78 is 0. The number of nitrogens with one attached hydrogen (secondary N) is 1. The van der Waals surface area contributed by atoms with Gasteiger partial charge in [0.25, 0.3) is 0 Å². The maximum Gasteiger partial charge on any atom is 0.224 e. The highest BCUT2D eigenvalue weighted by Crippen LogP contribution is 1.99. The van der Waals surface area contributed by atoms with Crippen molar-refractivity contribution in [3.63, 3.8) is 0 Å². The van der Waals surface area contributed by atoms with Crippen molar-refractivity contribution in [1.29, 1.82) is 0 Å². The smallest absolute Gasteiger partial charge is 0.224 e. The molecular weight excluding hydrogens is 204 g/mol. The number of nitrogens with zero attached hydrogens (tertiary/aromatic N) is 3. The number of amides is 1. The number of rotatable bonds is 6. The van der Waals surface area contributed by atoms with Gasteiger partial charge in [-0.3, -0.25) is 9.78 Å². The molecule has 5 heteroatoms. The molecule has 0 saturated heterocycles. The third-order valence-corrected chi connectivity index (χ3v) is 2.32. The molecule has 16 heavy (non-hydrogen) atoms. The lowest BCUT2D eigenvalue weighted by atomic mass is 10.3. The molecule has 1 rings (SSSR count). The molecule has 1 aromatic heterocycles. The first kappa shape index (κ1) is 12.4. The Bertz CT molecular complexity index is 311. The largest absolute Gasteiger partial charge is 0.368 e. The monoisotopic (exact) mass is 222 g/mol. The van der Waals surface area contributed by atoms with Crippen LogP contribution < -0.4 is 5.32 Å². The summed E-state index contributed by atoms with van der Waals surface area (Å²) in [6.45, 7) is 6.09. The minimum absolute atomic E-state index is 0.168. The predicted molar refractivity (Wildman–Crippen MR) is 63.1 cm³/mol. The molecule has 0 fully saturated rings. The Labute approximate surface area is 95.9 Å². The van der Waals surface area contributed by atoms with Crippen molar-refractivity contribution in [3.05, 3.63) is 18.6 Å². The van der Waals surface area contributed by atoms with Gasteiger partial charge in [-0.25, -0.2) is 4.98 Å². The molecule has 0 aliphatic rings. The number of hydrogen-bond donors (Lipinski definition) is 1. The quantitative estimate of drug-likeness (QED) is 0.784. The van der Waals surface area contributed by atoms with E-state index in [4.69, 9.17) is 0 Å². The van der Waals surface area contributed by atoms with Gasteiger partial charge in [-0.05, 0) is 13.8 Å². The summed E-state index contributed by atoms with van der Waals surface area (Å²) in [6.07, 6.45) is 5.36. The maximum absolute atomic E-state index is 11.6. The van der Waals surface area contributed by atoms with Crippen LogP contribution in [0.1, 0.15) is 20.3 Å². The topological polar surface area (TPSA) is 58.1 Å². The number of carbonyl (C=O) groups is 1. The second-order valence-corrected chi connectivity index (χ2v) is 3.33. The van der Waals surface area contributed by atoms with Crippen LogP contribution in [0.4, 0.5) is 5.82 Å². The molecule has 0 unspecified atom stereocenters. The Morgan fingerprint density at radius 3 is 2.69 bits per heavy atom. The van der Waals surface area contributed by atoms with E-state index < -0.39 is 0 Å². The lowest BCUT2D eigenvalue weighted by Crippen LogP contribution is -2.31. The number of hydrogen-bond acceptors (Lipinski definition) is 4. The van der Waals surface area contributed by atoms with E-state index in [1.165, 1.54) is 0 Å².